The van der Waals surface area contributed by atoms with E-state index in [2.05, 4.69) is 5.90 Å². The minimum atomic E-state index is -3.58. The van der Waals surface area contributed by atoms with Gasteiger partial charge in [0.05, 0.1) is 24.4 Å². The highest BCUT2D eigenvalue weighted by Gasteiger charge is 2.30. The molecule has 1 aromatic carbocycles. The van der Waals surface area contributed by atoms with Gasteiger partial charge in [0.25, 0.3) is 0 Å². The predicted octanol–water partition coefficient (Wildman–Crippen LogP) is 2.09. The van der Waals surface area contributed by atoms with Crippen molar-refractivity contribution in [3.63, 3.8) is 0 Å². The summed E-state index contributed by atoms with van der Waals surface area (Å²) in [5, 5.41) is 14.6. The quantitative estimate of drug-likeness (QED) is 0.557. The van der Waals surface area contributed by atoms with Crippen LogP contribution in [0.5, 0.6) is 11.5 Å². The SMILES string of the molecule is COc1ccc(S(=O)(=O)[C@@H](CCCC(=O)O)C(C)C)cc1OC.NO. The van der Waals surface area contributed by atoms with Crippen LogP contribution in [-0.4, -0.2) is 44.2 Å². The standard InChI is InChI=1S/C16H24O6S.H3NO/c1-11(2)15(6-5-7-16(17)18)23(19,20)12-8-9-13(21-3)14(10-12)22-4;1-2/h8-11,15H,5-7H2,1-4H3,(H,17,18);2H,1H2/t15-;/m0./s1. The third-order valence-corrected chi connectivity index (χ3v) is 6.19. The molecule has 1 aromatic rings. The van der Waals surface area contributed by atoms with Gasteiger partial charge in [-0.2, -0.15) is 0 Å². The van der Waals surface area contributed by atoms with E-state index in [1.807, 2.05) is 13.8 Å². The molecule has 0 unspecified atom stereocenters. The van der Waals surface area contributed by atoms with Gasteiger partial charge in [0.1, 0.15) is 0 Å². The Balaban J connectivity index is 0.00000277. The number of aliphatic carboxylic acids is 1. The first kappa shape index (κ1) is 23.2. The van der Waals surface area contributed by atoms with Gasteiger partial charge in [0, 0.05) is 12.5 Å². The van der Waals surface area contributed by atoms with Gasteiger partial charge in [-0.3, -0.25) is 4.79 Å². The van der Waals surface area contributed by atoms with Gasteiger partial charge < -0.3 is 19.8 Å². The van der Waals surface area contributed by atoms with Crippen molar-refractivity contribution in [3.05, 3.63) is 18.2 Å². The van der Waals surface area contributed by atoms with Crippen molar-refractivity contribution in [1.29, 1.82) is 0 Å². The topological polar surface area (TPSA) is 136 Å². The highest BCUT2D eigenvalue weighted by molar-refractivity contribution is 7.92. The van der Waals surface area contributed by atoms with E-state index >= 15 is 0 Å². The van der Waals surface area contributed by atoms with Crippen LogP contribution in [0.2, 0.25) is 0 Å². The van der Waals surface area contributed by atoms with Gasteiger partial charge >= 0.3 is 5.97 Å². The largest absolute Gasteiger partial charge is 0.493 e. The van der Waals surface area contributed by atoms with Gasteiger partial charge in [0.2, 0.25) is 0 Å². The van der Waals surface area contributed by atoms with Crippen LogP contribution in [0.15, 0.2) is 23.1 Å². The zero-order valence-electron chi connectivity index (χ0n) is 14.9. The molecular weight excluding hydrogens is 350 g/mol. The number of hydrogen-bond donors (Lipinski definition) is 3. The van der Waals surface area contributed by atoms with E-state index in [0.29, 0.717) is 24.3 Å². The fourth-order valence-corrected chi connectivity index (χ4v) is 4.54. The van der Waals surface area contributed by atoms with Crippen molar-refractivity contribution < 1.29 is 33.0 Å². The summed E-state index contributed by atoms with van der Waals surface area (Å²) in [6.45, 7) is 3.65. The summed E-state index contributed by atoms with van der Waals surface area (Å²) in [6.07, 6.45) is 0.593. The summed E-state index contributed by atoms with van der Waals surface area (Å²) in [5.74, 6) is 3.26. The van der Waals surface area contributed by atoms with Crippen molar-refractivity contribution >= 4 is 15.8 Å². The minimum absolute atomic E-state index is 0.0370. The number of nitrogens with two attached hydrogens (primary N) is 1. The molecule has 1 atom stereocenters. The summed E-state index contributed by atoms with van der Waals surface area (Å²) in [4.78, 5) is 10.8. The summed E-state index contributed by atoms with van der Waals surface area (Å²) >= 11 is 0. The van der Waals surface area contributed by atoms with Gasteiger partial charge in [-0.25, -0.2) is 14.3 Å². The molecule has 0 fully saturated rings. The summed E-state index contributed by atoms with van der Waals surface area (Å²) in [6, 6.07) is 4.49. The molecular formula is C16H27NO7S. The fourth-order valence-electron chi connectivity index (χ4n) is 2.47. The second-order valence-corrected chi connectivity index (χ2v) is 7.80. The maximum atomic E-state index is 12.9. The second kappa shape index (κ2) is 10.9. The molecule has 0 saturated heterocycles. The molecule has 9 heteroatoms. The molecule has 0 spiro atoms. The number of methoxy groups -OCH3 is 2. The summed E-state index contributed by atoms with van der Waals surface area (Å²) in [5.41, 5.74) is 0. The molecule has 0 heterocycles. The van der Waals surface area contributed by atoms with Gasteiger partial charge in [-0.05, 0) is 30.9 Å². The molecule has 0 aromatic heterocycles. The summed E-state index contributed by atoms with van der Waals surface area (Å²) < 4.78 is 36.0. The lowest BCUT2D eigenvalue weighted by Crippen LogP contribution is -2.27. The minimum Gasteiger partial charge on any atom is -0.493 e. The Bertz CT molecular complexity index is 644. The smallest absolute Gasteiger partial charge is 0.303 e. The van der Waals surface area contributed by atoms with Crippen LogP contribution in [0.25, 0.3) is 0 Å². The Morgan fingerprint density at radius 3 is 2.16 bits per heavy atom. The Morgan fingerprint density at radius 2 is 1.72 bits per heavy atom. The molecule has 0 aliphatic heterocycles. The van der Waals surface area contributed by atoms with E-state index in [1.54, 1.807) is 6.07 Å². The van der Waals surface area contributed by atoms with Crippen molar-refractivity contribution in [2.45, 2.75) is 43.3 Å². The highest BCUT2D eigenvalue weighted by atomic mass is 32.2. The number of ether oxygens (including phenoxy) is 2. The number of benzene rings is 1. The van der Waals surface area contributed by atoms with Crippen LogP contribution < -0.4 is 15.4 Å². The number of rotatable bonds is 9. The molecule has 0 aliphatic carbocycles. The normalized spacial score (nSPS) is 12.1. The molecule has 0 amide bonds. The van der Waals surface area contributed by atoms with E-state index in [9.17, 15) is 13.2 Å². The van der Waals surface area contributed by atoms with E-state index in [0.717, 1.165) is 0 Å². The maximum Gasteiger partial charge on any atom is 0.303 e. The van der Waals surface area contributed by atoms with E-state index in [-0.39, 0.29) is 17.2 Å². The molecule has 8 nitrogen and oxygen atoms in total. The van der Waals surface area contributed by atoms with Gasteiger partial charge in [0.15, 0.2) is 21.3 Å². The number of carboxylic acids is 1. The number of carboxylic acid groups (broad SMARTS) is 1. The van der Waals surface area contributed by atoms with E-state index < -0.39 is 21.1 Å². The average Bonchev–Trinajstić information content (AvgIpc) is 2.58. The zero-order chi connectivity index (χ0) is 19.6. The monoisotopic (exact) mass is 377 g/mol. The van der Waals surface area contributed by atoms with Crippen molar-refractivity contribution in [2.24, 2.45) is 11.8 Å². The Morgan fingerprint density at radius 1 is 1.16 bits per heavy atom. The summed E-state index contributed by atoms with van der Waals surface area (Å²) in [7, 11) is -0.658. The first-order chi connectivity index (χ1) is 11.7. The molecule has 144 valence electrons. The number of hydrogen-bond acceptors (Lipinski definition) is 7. The van der Waals surface area contributed by atoms with Crippen molar-refractivity contribution in [3.8, 4) is 11.5 Å². The lowest BCUT2D eigenvalue weighted by Gasteiger charge is -2.21. The predicted molar refractivity (Wildman–Crippen MR) is 92.8 cm³/mol. The van der Waals surface area contributed by atoms with Crippen molar-refractivity contribution in [2.75, 3.05) is 14.2 Å². The van der Waals surface area contributed by atoms with Gasteiger partial charge in [-0.15, -0.1) is 0 Å². The van der Waals surface area contributed by atoms with E-state index in [1.165, 1.54) is 26.4 Å². The lowest BCUT2D eigenvalue weighted by atomic mass is 10.0. The lowest BCUT2D eigenvalue weighted by molar-refractivity contribution is -0.137. The Kier molecular flexibility index (Phi) is 10.1. The van der Waals surface area contributed by atoms with Crippen LogP contribution in [0.4, 0.5) is 0 Å². The first-order valence-electron chi connectivity index (χ1n) is 7.67. The number of sulfone groups is 1. The van der Waals surface area contributed by atoms with Gasteiger partial charge in [-0.1, -0.05) is 13.8 Å². The van der Waals surface area contributed by atoms with Crippen LogP contribution in [-0.2, 0) is 14.6 Å². The highest BCUT2D eigenvalue weighted by Crippen LogP contribution is 2.33. The Hall–Kier alpha value is -1.84. The Labute approximate surface area is 148 Å². The maximum absolute atomic E-state index is 12.9. The molecule has 0 bridgehead atoms. The molecule has 1 rings (SSSR count). The van der Waals surface area contributed by atoms with Crippen LogP contribution >= 0.6 is 0 Å². The molecule has 25 heavy (non-hydrogen) atoms. The average molecular weight is 377 g/mol. The number of carbonyl (C=O) groups is 1. The molecule has 0 saturated carbocycles. The molecule has 0 aliphatic rings. The zero-order valence-corrected chi connectivity index (χ0v) is 15.7. The third kappa shape index (κ3) is 6.52. The fraction of sp³-hybridized carbons (Fsp3) is 0.562. The van der Waals surface area contributed by atoms with E-state index in [4.69, 9.17) is 19.8 Å². The molecule has 4 N–H and O–H groups in total. The third-order valence-electron chi connectivity index (χ3n) is 3.70. The van der Waals surface area contributed by atoms with Crippen LogP contribution in [0.1, 0.15) is 33.1 Å². The van der Waals surface area contributed by atoms with Crippen LogP contribution in [0, 0.1) is 5.92 Å². The first-order valence-corrected chi connectivity index (χ1v) is 9.22. The van der Waals surface area contributed by atoms with Crippen molar-refractivity contribution in [1.82, 2.24) is 0 Å². The second-order valence-electron chi connectivity index (χ2n) is 5.63. The van der Waals surface area contributed by atoms with Crippen LogP contribution in [0.3, 0.4) is 0 Å². The molecule has 0 radical (unpaired) electrons.